The zero-order valence-corrected chi connectivity index (χ0v) is 13.1. The van der Waals surface area contributed by atoms with Crippen molar-refractivity contribution in [3.63, 3.8) is 0 Å². The summed E-state index contributed by atoms with van der Waals surface area (Å²) in [5.74, 6) is 0.882. The van der Waals surface area contributed by atoms with Crippen LogP contribution in [-0.4, -0.2) is 24.1 Å². The number of nitro groups is 1. The zero-order valence-electron chi connectivity index (χ0n) is 13.1. The Bertz CT molecular complexity index is 680. The summed E-state index contributed by atoms with van der Waals surface area (Å²) >= 11 is 0. The lowest BCUT2D eigenvalue weighted by molar-refractivity contribution is -0.384. The van der Waals surface area contributed by atoms with E-state index >= 15 is 0 Å². The van der Waals surface area contributed by atoms with E-state index in [0.29, 0.717) is 5.69 Å². The van der Waals surface area contributed by atoms with E-state index in [1.54, 1.807) is 6.07 Å². The normalized spacial score (nSPS) is 15.4. The van der Waals surface area contributed by atoms with Crippen LogP contribution in [0.15, 0.2) is 48.5 Å². The number of benzene rings is 2. The molecule has 0 spiro atoms. The van der Waals surface area contributed by atoms with Crippen LogP contribution in [0.2, 0.25) is 0 Å². The third kappa shape index (κ3) is 3.62. The fourth-order valence-electron chi connectivity index (χ4n) is 2.95. The third-order valence-corrected chi connectivity index (χ3v) is 4.16. The smallest absolute Gasteiger partial charge is 0.292 e. The van der Waals surface area contributed by atoms with Gasteiger partial charge >= 0.3 is 0 Å². The molecule has 0 aliphatic carbocycles. The van der Waals surface area contributed by atoms with Gasteiger partial charge in [0.1, 0.15) is 17.5 Å². The molecular weight excluding hydrogens is 292 g/mol. The topological polar surface area (TPSA) is 55.6 Å². The van der Waals surface area contributed by atoms with E-state index in [9.17, 15) is 10.1 Å². The summed E-state index contributed by atoms with van der Waals surface area (Å²) in [6.07, 6.45) is 1.89. The molecule has 5 nitrogen and oxygen atoms in total. The molecule has 0 atom stereocenters. The van der Waals surface area contributed by atoms with E-state index in [0.717, 1.165) is 37.2 Å². The van der Waals surface area contributed by atoms with Gasteiger partial charge in [-0.05, 0) is 30.7 Å². The summed E-state index contributed by atoms with van der Waals surface area (Å²) in [5.41, 5.74) is 1.80. The van der Waals surface area contributed by atoms with E-state index in [2.05, 4.69) is 4.90 Å². The van der Waals surface area contributed by atoms with Gasteiger partial charge in [0.05, 0.1) is 4.92 Å². The minimum atomic E-state index is -0.297. The summed E-state index contributed by atoms with van der Waals surface area (Å²) in [6.45, 7) is 3.40. The van der Waals surface area contributed by atoms with Gasteiger partial charge in [0.2, 0.25) is 0 Å². The van der Waals surface area contributed by atoms with E-state index in [1.807, 2.05) is 49.4 Å². The van der Waals surface area contributed by atoms with Crippen LogP contribution in [0, 0.1) is 17.0 Å². The molecule has 5 heteroatoms. The van der Waals surface area contributed by atoms with Gasteiger partial charge in [-0.25, -0.2) is 0 Å². The van der Waals surface area contributed by atoms with Crippen molar-refractivity contribution >= 4 is 11.4 Å². The van der Waals surface area contributed by atoms with Crippen molar-refractivity contribution in [2.24, 2.45) is 0 Å². The molecule has 120 valence electrons. The number of ether oxygens (including phenoxy) is 1. The lowest BCUT2D eigenvalue weighted by Gasteiger charge is -2.33. The van der Waals surface area contributed by atoms with Crippen molar-refractivity contribution < 1.29 is 9.66 Å². The van der Waals surface area contributed by atoms with Crippen LogP contribution in [0.4, 0.5) is 11.4 Å². The standard InChI is InChI=1S/C18H20N2O3/c1-14-7-8-17(18(13-14)20(21)22)19-11-9-16(10-12-19)23-15-5-3-2-4-6-15/h2-8,13,16H,9-12H2,1H3. The Morgan fingerprint density at radius 3 is 2.48 bits per heavy atom. The number of piperidine rings is 1. The fourth-order valence-corrected chi connectivity index (χ4v) is 2.95. The SMILES string of the molecule is Cc1ccc(N2CCC(Oc3ccccc3)CC2)c([N+](=O)[O-])c1. The molecular formula is C18H20N2O3. The first-order valence-electron chi connectivity index (χ1n) is 7.85. The monoisotopic (exact) mass is 312 g/mol. The Labute approximate surface area is 135 Å². The minimum Gasteiger partial charge on any atom is -0.490 e. The van der Waals surface area contributed by atoms with Gasteiger partial charge in [-0.15, -0.1) is 0 Å². The van der Waals surface area contributed by atoms with Gasteiger partial charge in [-0.3, -0.25) is 10.1 Å². The molecule has 3 rings (SSSR count). The number of nitro benzene ring substituents is 1. The number of rotatable bonds is 4. The first-order valence-corrected chi connectivity index (χ1v) is 7.85. The van der Waals surface area contributed by atoms with Crippen LogP contribution in [0.1, 0.15) is 18.4 Å². The highest BCUT2D eigenvalue weighted by atomic mass is 16.6. The minimum absolute atomic E-state index is 0.165. The maximum atomic E-state index is 11.3. The molecule has 0 bridgehead atoms. The van der Waals surface area contributed by atoms with Crippen molar-refractivity contribution in [2.45, 2.75) is 25.9 Å². The fraction of sp³-hybridized carbons (Fsp3) is 0.333. The molecule has 2 aromatic carbocycles. The molecule has 1 aliphatic rings. The summed E-state index contributed by atoms with van der Waals surface area (Å²) in [6, 6.07) is 15.2. The molecule has 2 aromatic rings. The number of nitrogens with zero attached hydrogens (tertiary/aromatic N) is 2. The number of aryl methyl sites for hydroxylation is 1. The predicted octanol–water partition coefficient (Wildman–Crippen LogP) is 3.95. The highest BCUT2D eigenvalue weighted by molar-refractivity contribution is 5.64. The lowest BCUT2D eigenvalue weighted by atomic mass is 10.1. The second-order valence-electron chi connectivity index (χ2n) is 5.87. The molecule has 0 amide bonds. The molecule has 1 heterocycles. The van der Waals surface area contributed by atoms with Crippen LogP contribution in [0.3, 0.4) is 0 Å². The first-order chi connectivity index (χ1) is 11.1. The van der Waals surface area contributed by atoms with E-state index in [-0.39, 0.29) is 16.7 Å². The van der Waals surface area contributed by atoms with Crippen molar-refractivity contribution in [1.29, 1.82) is 0 Å². The van der Waals surface area contributed by atoms with Crippen LogP contribution >= 0.6 is 0 Å². The lowest BCUT2D eigenvalue weighted by Crippen LogP contribution is -2.38. The molecule has 0 N–H and O–H groups in total. The van der Waals surface area contributed by atoms with Gasteiger partial charge in [0.25, 0.3) is 5.69 Å². The van der Waals surface area contributed by atoms with Gasteiger partial charge in [-0.1, -0.05) is 24.3 Å². The number of anilines is 1. The Kier molecular flexibility index (Phi) is 4.46. The molecule has 0 saturated carbocycles. The molecule has 0 unspecified atom stereocenters. The Hall–Kier alpha value is -2.56. The summed E-state index contributed by atoms with van der Waals surface area (Å²) < 4.78 is 5.98. The summed E-state index contributed by atoms with van der Waals surface area (Å²) in [4.78, 5) is 13.1. The maximum Gasteiger partial charge on any atom is 0.292 e. The average Bonchev–Trinajstić information content (AvgIpc) is 2.56. The van der Waals surface area contributed by atoms with Crippen molar-refractivity contribution in [3.8, 4) is 5.75 Å². The highest BCUT2D eigenvalue weighted by Crippen LogP contribution is 2.31. The molecule has 1 fully saturated rings. The maximum absolute atomic E-state index is 11.3. The van der Waals surface area contributed by atoms with Gasteiger partial charge in [-0.2, -0.15) is 0 Å². The average molecular weight is 312 g/mol. The Morgan fingerprint density at radius 1 is 1.13 bits per heavy atom. The third-order valence-electron chi connectivity index (χ3n) is 4.16. The molecule has 23 heavy (non-hydrogen) atoms. The highest BCUT2D eigenvalue weighted by Gasteiger charge is 2.25. The number of para-hydroxylation sites is 1. The second kappa shape index (κ2) is 6.69. The quantitative estimate of drug-likeness (QED) is 0.633. The van der Waals surface area contributed by atoms with Crippen LogP contribution in [0.25, 0.3) is 0 Å². The zero-order chi connectivity index (χ0) is 16.2. The van der Waals surface area contributed by atoms with Crippen molar-refractivity contribution in [3.05, 3.63) is 64.2 Å². The Balaban J connectivity index is 1.66. The molecule has 0 aromatic heterocycles. The molecule has 1 saturated heterocycles. The van der Waals surface area contributed by atoms with Crippen LogP contribution < -0.4 is 9.64 Å². The van der Waals surface area contributed by atoms with E-state index < -0.39 is 0 Å². The van der Waals surface area contributed by atoms with Crippen molar-refractivity contribution in [1.82, 2.24) is 0 Å². The summed E-state index contributed by atoms with van der Waals surface area (Å²) in [7, 11) is 0. The Morgan fingerprint density at radius 2 is 1.83 bits per heavy atom. The predicted molar refractivity (Wildman–Crippen MR) is 90.1 cm³/mol. The van der Waals surface area contributed by atoms with Crippen molar-refractivity contribution in [2.75, 3.05) is 18.0 Å². The van der Waals surface area contributed by atoms with E-state index in [1.165, 1.54) is 0 Å². The molecule has 1 aliphatic heterocycles. The van der Waals surface area contributed by atoms with Gasteiger partial charge in [0.15, 0.2) is 0 Å². The largest absolute Gasteiger partial charge is 0.490 e. The number of hydrogen-bond acceptors (Lipinski definition) is 4. The van der Waals surface area contributed by atoms with E-state index in [4.69, 9.17) is 4.74 Å². The number of hydrogen-bond donors (Lipinski definition) is 0. The van der Waals surface area contributed by atoms with Crippen LogP contribution in [-0.2, 0) is 0 Å². The van der Waals surface area contributed by atoms with Crippen LogP contribution in [0.5, 0.6) is 5.75 Å². The first kappa shape index (κ1) is 15.3. The summed E-state index contributed by atoms with van der Waals surface area (Å²) in [5, 5.41) is 11.3. The van der Waals surface area contributed by atoms with Gasteiger partial charge in [0, 0.05) is 32.0 Å². The molecule has 0 radical (unpaired) electrons. The second-order valence-corrected chi connectivity index (χ2v) is 5.87. The van der Waals surface area contributed by atoms with Gasteiger partial charge < -0.3 is 9.64 Å².